The normalized spacial score (nSPS) is 11.9. The van der Waals surface area contributed by atoms with Gasteiger partial charge >= 0.3 is 20.1 Å². The first-order chi connectivity index (χ1) is 50.7. The van der Waals surface area contributed by atoms with Crippen molar-refractivity contribution in [3.63, 3.8) is 0 Å². The van der Waals surface area contributed by atoms with Crippen LogP contribution in [-0.2, 0) is 20.1 Å². The van der Waals surface area contributed by atoms with Gasteiger partial charge in [-0.3, -0.25) is 29.9 Å². The van der Waals surface area contributed by atoms with E-state index in [1.54, 1.807) is 0 Å². The fraction of sp³-hybridized carbons (Fsp3) is 0.161. The molecule has 0 spiro atoms. The number of benzene rings is 9. The predicted octanol–water partition coefficient (Wildman–Crippen LogP) is 22.5. The molecule has 2 atom stereocenters. The molecule has 0 radical (unpaired) electrons. The Balaban J connectivity index is 0.000000183. The van der Waals surface area contributed by atoms with Gasteiger partial charge in [-0.15, -0.1) is 107 Å². The predicted molar refractivity (Wildman–Crippen MR) is 426 cm³/mol. The Morgan fingerprint density at radius 1 is 0.362 bits per heavy atom. The number of hydrogen-bond donors (Lipinski definition) is 0. The molecular weight excluding hydrogens is 1460 g/mol. The molecule has 0 saturated heterocycles. The van der Waals surface area contributed by atoms with Crippen LogP contribution in [0.3, 0.4) is 0 Å². The molecule has 0 bridgehead atoms. The first-order valence-electron chi connectivity index (χ1n) is 35.8. The van der Waals surface area contributed by atoms with E-state index < -0.39 is 0 Å². The Hall–Kier alpha value is -11.7. The standard InChI is InChI=1S/C57H48N7.2C18H17N2.Ir/c1-6-40(41-13-15-44(16-14-41)57-61-30-31-62(57)56-38(4)32-36(2)33-39(56)5)34-37(3)45-21-26-49-48(35-45)53-50(10-7-27-58-53)63(49)46-22-17-42(18-23-46)43-19-24-47(25-20-43)64-51-11-8-28-59-54(51)55-52(64)12-9-29-60-55;2*1-13-11-14(2)17(15(3)12-13)20-10-9-19-18(20)16-7-5-4-6-8-16;/h7-15,17-33,35,37,40H,6,34H2,1-5H3;2*4-7,9-12H,1-3H3;/q3*-1;+3. The van der Waals surface area contributed by atoms with Gasteiger partial charge in [0.2, 0.25) is 0 Å². The number of pyridine rings is 3. The number of rotatable bonds is 14. The van der Waals surface area contributed by atoms with Gasteiger partial charge in [-0.25, -0.2) is 0 Å². The van der Waals surface area contributed by atoms with Gasteiger partial charge in [-0.1, -0.05) is 110 Å². The van der Waals surface area contributed by atoms with E-state index >= 15 is 0 Å². The van der Waals surface area contributed by atoms with Crippen LogP contribution < -0.4 is 0 Å². The van der Waals surface area contributed by atoms with Gasteiger partial charge in [-0.05, 0) is 198 Å². The fourth-order valence-electron chi connectivity index (χ4n) is 15.7. The summed E-state index contributed by atoms with van der Waals surface area (Å²) in [7, 11) is 0. The topological polar surface area (TPSA) is 102 Å². The molecular formula is C93H82IrN11. The van der Waals surface area contributed by atoms with Crippen LogP contribution in [-0.4, -0.2) is 52.7 Å². The van der Waals surface area contributed by atoms with E-state index in [4.69, 9.17) is 9.97 Å². The molecule has 0 fully saturated rings. The van der Waals surface area contributed by atoms with Crippen molar-refractivity contribution in [1.82, 2.24) is 52.7 Å². The number of imidazole rings is 3. The van der Waals surface area contributed by atoms with Gasteiger partial charge in [0.25, 0.3) is 0 Å². The molecule has 0 amide bonds. The SMILES string of the molecule is CCC(CC(C)c1ccc2c(c1)c1ncccc1n2-c1ccc(-c2ccc(-n3c4cccnc4c4ncccc43)cc2)cc1)c1c[c-]c(-c2nccn2-c2c(C)cc(C)cc2C)cc1.Cc1cc(C)c(-n2ccnc2-c2[c-]cccc2)c(C)c1.Cc1cc(C)c(-n2ccnc2-c2[c-]cccc2)c(C)c1.[Ir+3]. The van der Waals surface area contributed by atoms with Crippen molar-refractivity contribution in [3.8, 4) is 73.7 Å². The first kappa shape index (κ1) is 70.4. The van der Waals surface area contributed by atoms with Crippen molar-refractivity contribution in [3.05, 3.63) is 341 Å². The van der Waals surface area contributed by atoms with Gasteiger partial charge in [0.1, 0.15) is 11.0 Å². The minimum Gasteiger partial charge on any atom is -0.340 e. The Morgan fingerprint density at radius 3 is 1.14 bits per heavy atom. The van der Waals surface area contributed by atoms with Crippen molar-refractivity contribution in [2.75, 3.05) is 0 Å². The van der Waals surface area contributed by atoms with Crippen molar-refractivity contribution in [2.45, 2.75) is 101 Å². The van der Waals surface area contributed by atoms with Gasteiger partial charge < -0.3 is 22.8 Å². The molecule has 518 valence electrons. The number of aromatic nitrogens is 11. The fourth-order valence-corrected chi connectivity index (χ4v) is 15.7. The Labute approximate surface area is 628 Å². The Morgan fingerprint density at radius 2 is 0.752 bits per heavy atom. The maximum Gasteiger partial charge on any atom is 3.00 e. The quantitative estimate of drug-likeness (QED) is 0.101. The van der Waals surface area contributed by atoms with Gasteiger partial charge in [-0.2, -0.15) is 0 Å². The monoisotopic (exact) mass is 1550 g/mol. The maximum absolute atomic E-state index is 4.94. The molecule has 17 rings (SSSR count). The molecule has 12 heteroatoms. The first-order valence-corrected chi connectivity index (χ1v) is 35.8. The van der Waals surface area contributed by atoms with E-state index in [1.165, 1.54) is 83.6 Å². The zero-order chi connectivity index (χ0) is 71.7. The second-order valence-electron chi connectivity index (χ2n) is 27.6. The minimum absolute atomic E-state index is 0. The summed E-state index contributed by atoms with van der Waals surface area (Å²) in [5.74, 6) is 3.52. The summed E-state index contributed by atoms with van der Waals surface area (Å²) < 4.78 is 11.1. The summed E-state index contributed by atoms with van der Waals surface area (Å²) in [6.07, 6.45) is 19.3. The third-order valence-electron chi connectivity index (χ3n) is 20.1. The molecule has 0 N–H and O–H groups in total. The molecule has 0 aliphatic heterocycles. The van der Waals surface area contributed by atoms with Crippen molar-refractivity contribution in [2.24, 2.45) is 0 Å². The summed E-state index contributed by atoms with van der Waals surface area (Å²) in [6, 6.07) is 83.0. The molecule has 8 aromatic heterocycles. The third kappa shape index (κ3) is 14.0. The van der Waals surface area contributed by atoms with Gasteiger partial charge in [0.05, 0.1) is 45.1 Å². The molecule has 0 aliphatic rings. The second kappa shape index (κ2) is 30.3. The molecule has 105 heavy (non-hydrogen) atoms. The van der Waals surface area contributed by atoms with E-state index in [9.17, 15) is 0 Å². The smallest absolute Gasteiger partial charge is 0.340 e. The van der Waals surface area contributed by atoms with E-state index in [2.05, 4.69) is 283 Å². The van der Waals surface area contributed by atoms with Crippen LogP contribution in [0.4, 0.5) is 0 Å². The van der Waals surface area contributed by atoms with Crippen LogP contribution in [0.2, 0.25) is 0 Å². The summed E-state index contributed by atoms with van der Waals surface area (Å²) >= 11 is 0. The van der Waals surface area contributed by atoms with Crippen LogP contribution >= 0.6 is 0 Å². The van der Waals surface area contributed by atoms with Crippen LogP contribution in [0.15, 0.2) is 262 Å². The second-order valence-corrected chi connectivity index (χ2v) is 27.6. The minimum atomic E-state index is 0. The largest absolute Gasteiger partial charge is 3.00 e. The number of nitrogens with zero attached hydrogens (tertiary/aromatic N) is 11. The summed E-state index contributed by atoms with van der Waals surface area (Å²) in [5.41, 5.74) is 32.4. The van der Waals surface area contributed by atoms with Crippen molar-refractivity contribution < 1.29 is 20.1 Å². The molecule has 0 saturated carbocycles. The van der Waals surface area contributed by atoms with E-state index in [-0.39, 0.29) is 20.1 Å². The maximum atomic E-state index is 4.94. The van der Waals surface area contributed by atoms with E-state index in [1.807, 2.05) is 116 Å². The Bertz CT molecular complexity index is 5680. The third-order valence-corrected chi connectivity index (χ3v) is 20.1. The van der Waals surface area contributed by atoms with Crippen LogP contribution in [0.1, 0.15) is 99.7 Å². The van der Waals surface area contributed by atoms with Crippen LogP contribution in [0.5, 0.6) is 0 Å². The van der Waals surface area contributed by atoms with Crippen LogP contribution in [0, 0.1) is 80.5 Å². The molecule has 9 aromatic carbocycles. The van der Waals surface area contributed by atoms with Gasteiger partial charge in [0.15, 0.2) is 0 Å². The number of aryl methyl sites for hydroxylation is 9. The van der Waals surface area contributed by atoms with Gasteiger partial charge in [0, 0.05) is 89.6 Å². The van der Waals surface area contributed by atoms with Crippen molar-refractivity contribution in [1.29, 1.82) is 0 Å². The summed E-state index contributed by atoms with van der Waals surface area (Å²) in [6.45, 7) is 24.0. The Kier molecular flexibility index (Phi) is 20.3. The molecule has 11 nitrogen and oxygen atoms in total. The molecule has 2 unspecified atom stereocenters. The van der Waals surface area contributed by atoms with Crippen molar-refractivity contribution >= 4 is 44.0 Å². The average Bonchev–Trinajstić information content (AvgIpc) is 1.60. The number of fused-ring (bicyclic) bond motifs is 6. The average molecular weight is 1550 g/mol. The summed E-state index contributed by atoms with van der Waals surface area (Å²) in [5, 5.41) is 1.18. The molecule has 17 aromatic rings. The zero-order valence-electron chi connectivity index (χ0n) is 61.1. The zero-order valence-corrected chi connectivity index (χ0v) is 63.5. The van der Waals surface area contributed by atoms with E-state index in [0.717, 1.165) is 108 Å². The molecule has 8 heterocycles. The number of hydrogen-bond acceptors (Lipinski definition) is 6. The molecule has 0 aliphatic carbocycles. The summed E-state index contributed by atoms with van der Waals surface area (Å²) in [4.78, 5) is 28.0. The van der Waals surface area contributed by atoms with E-state index in [0.29, 0.717) is 11.8 Å². The van der Waals surface area contributed by atoms with Crippen LogP contribution in [0.25, 0.3) is 118 Å².